The van der Waals surface area contributed by atoms with Crippen LogP contribution in [0, 0.1) is 17.2 Å². The fourth-order valence-corrected chi connectivity index (χ4v) is 2.91. The molecule has 0 amide bonds. The molecule has 2 aromatic rings. The number of anilines is 1. The highest BCUT2D eigenvalue weighted by molar-refractivity contribution is 5.33. The molecule has 1 aliphatic carbocycles. The van der Waals surface area contributed by atoms with Crippen LogP contribution in [0.25, 0.3) is 0 Å². The van der Waals surface area contributed by atoms with Crippen molar-refractivity contribution in [3.05, 3.63) is 35.9 Å². The molecule has 1 saturated carbocycles. The van der Waals surface area contributed by atoms with Crippen molar-refractivity contribution < 1.29 is 4.74 Å². The van der Waals surface area contributed by atoms with Gasteiger partial charge in [0, 0.05) is 31.1 Å². The van der Waals surface area contributed by atoms with Crippen LogP contribution in [0.5, 0.6) is 0 Å². The van der Waals surface area contributed by atoms with E-state index in [1.54, 1.807) is 12.3 Å². The summed E-state index contributed by atoms with van der Waals surface area (Å²) in [5.74, 6) is 1.26. The molecule has 7 nitrogen and oxygen atoms in total. The molecule has 1 aliphatic heterocycles. The molecule has 1 N–H and O–H groups in total. The van der Waals surface area contributed by atoms with Gasteiger partial charge in [-0.25, -0.2) is 9.97 Å². The molecule has 0 bridgehead atoms. The van der Waals surface area contributed by atoms with Gasteiger partial charge in [-0.05, 0) is 31.2 Å². The highest BCUT2D eigenvalue weighted by Gasteiger charge is 2.31. The van der Waals surface area contributed by atoms with Gasteiger partial charge in [0.1, 0.15) is 17.9 Å². The fourth-order valence-electron chi connectivity index (χ4n) is 2.91. The van der Waals surface area contributed by atoms with Gasteiger partial charge in [-0.15, -0.1) is 0 Å². The molecule has 1 saturated heterocycles. The first-order valence-corrected chi connectivity index (χ1v) is 7.95. The zero-order chi connectivity index (χ0) is 15.6. The SMILES string of the molecule is N#Cc1ccnc(N[C@H]2CCO[C@@H]2c2cnn(CC3CC3)c2)n1. The average Bonchev–Trinajstić information content (AvgIpc) is 3.07. The summed E-state index contributed by atoms with van der Waals surface area (Å²) < 4.78 is 7.89. The highest BCUT2D eigenvalue weighted by Crippen LogP contribution is 2.33. The Labute approximate surface area is 134 Å². The van der Waals surface area contributed by atoms with Crippen LogP contribution in [0.3, 0.4) is 0 Å². The lowest BCUT2D eigenvalue weighted by atomic mass is 10.1. The smallest absolute Gasteiger partial charge is 0.224 e. The van der Waals surface area contributed by atoms with Crippen molar-refractivity contribution in [1.82, 2.24) is 19.7 Å². The fraction of sp³-hybridized carbons (Fsp3) is 0.500. The Morgan fingerprint density at radius 1 is 1.39 bits per heavy atom. The normalized spacial score (nSPS) is 23.6. The van der Waals surface area contributed by atoms with Crippen LogP contribution < -0.4 is 5.32 Å². The summed E-state index contributed by atoms with van der Waals surface area (Å²) in [6.07, 6.45) is 9.00. The monoisotopic (exact) mass is 310 g/mol. The van der Waals surface area contributed by atoms with Gasteiger partial charge in [0.2, 0.25) is 5.95 Å². The number of hydrogen-bond donors (Lipinski definition) is 1. The lowest BCUT2D eigenvalue weighted by molar-refractivity contribution is 0.107. The molecule has 0 unspecified atom stereocenters. The predicted molar refractivity (Wildman–Crippen MR) is 82.4 cm³/mol. The number of aromatic nitrogens is 4. The molecular formula is C16H18N6O. The number of hydrogen-bond acceptors (Lipinski definition) is 6. The molecule has 23 heavy (non-hydrogen) atoms. The minimum Gasteiger partial charge on any atom is -0.371 e. The second-order valence-corrected chi connectivity index (χ2v) is 6.15. The summed E-state index contributed by atoms with van der Waals surface area (Å²) in [4.78, 5) is 8.36. The van der Waals surface area contributed by atoms with E-state index >= 15 is 0 Å². The summed E-state index contributed by atoms with van der Waals surface area (Å²) in [6.45, 7) is 1.69. The summed E-state index contributed by atoms with van der Waals surface area (Å²) in [5.41, 5.74) is 1.44. The van der Waals surface area contributed by atoms with Gasteiger partial charge in [0.25, 0.3) is 0 Å². The van der Waals surface area contributed by atoms with Crippen LogP contribution in [0.2, 0.25) is 0 Å². The van der Waals surface area contributed by atoms with E-state index in [0.29, 0.717) is 18.2 Å². The Morgan fingerprint density at radius 2 is 2.30 bits per heavy atom. The molecule has 0 spiro atoms. The Hall–Kier alpha value is -2.46. The van der Waals surface area contributed by atoms with Crippen molar-refractivity contribution in [3.63, 3.8) is 0 Å². The summed E-state index contributed by atoms with van der Waals surface area (Å²) >= 11 is 0. The van der Waals surface area contributed by atoms with Crippen molar-refractivity contribution in [3.8, 4) is 6.07 Å². The second kappa shape index (κ2) is 5.97. The molecule has 118 valence electrons. The lowest BCUT2D eigenvalue weighted by Gasteiger charge is -2.18. The third kappa shape index (κ3) is 3.17. The molecule has 2 fully saturated rings. The minimum atomic E-state index is -0.0581. The molecule has 2 aliphatic rings. The zero-order valence-corrected chi connectivity index (χ0v) is 12.7. The Balaban J connectivity index is 1.47. The predicted octanol–water partition coefficient (Wildman–Crippen LogP) is 1.90. The molecule has 0 aromatic carbocycles. The van der Waals surface area contributed by atoms with Crippen LogP contribution in [0.1, 0.15) is 36.6 Å². The number of rotatable bonds is 5. The Bertz CT molecular complexity index is 732. The van der Waals surface area contributed by atoms with E-state index < -0.39 is 0 Å². The zero-order valence-electron chi connectivity index (χ0n) is 12.7. The topological polar surface area (TPSA) is 88.6 Å². The first-order valence-electron chi connectivity index (χ1n) is 7.95. The largest absolute Gasteiger partial charge is 0.371 e. The van der Waals surface area contributed by atoms with E-state index in [2.05, 4.69) is 26.6 Å². The van der Waals surface area contributed by atoms with E-state index in [1.807, 2.05) is 16.9 Å². The minimum absolute atomic E-state index is 0.0581. The first-order chi connectivity index (χ1) is 11.3. The first kappa shape index (κ1) is 14.2. The van der Waals surface area contributed by atoms with Crippen molar-refractivity contribution in [2.24, 2.45) is 5.92 Å². The van der Waals surface area contributed by atoms with Crippen molar-refractivity contribution in [2.45, 2.75) is 38.0 Å². The lowest BCUT2D eigenvalue weighted by Crippen LogP contribution is -2.24. The van der Waals surface area contributed by atoms with E-state index in [-0.39, 0.29) is 12.1 Å². The summed E-state index contributed by atoms with van der Waals surface area (Å²) in [5, 5.41) is 16.7. The van der Waals surface area contributed by atoms with Crippen LogP contribution in [0.4, 0.5) is 5.95 Å². The molecule has 2 aromatic heterocycles. The van der Waals surface area contributed by atoms with Crippen LogP contribution in [-0.2, 0) is 11.3 Å². The maximum Gasteiger partial charge on any atom is 0.224 e. The van der Waals surface area contributed by atoms with Crippen molar-refractivity contribution in [2.75, 3.05) is 11.9 Å². The van der Waals surface area contributed by atoms with Gasteiger partial charge in [-0.2, -0.15) is 10.4 Å². The maximum atomic E-state index is 8.93. The molecule has 2 atom stereocenters. The second-order valence-electron chi connectivity index (χ2n) is 6.15. The van der Waals surface area contributed by atoms with Crippen LogP contribution in [0.15, 0.2) is 24.7 Å². The van der Waals surface area contributed by atoms with Crippen LogP contribution in [-0.4, -0.2) is 32.4 Å². The Kier molecular flexibility index (Phi) is 3.67. The maximum absolute atomic E-state index is 8.93. The average molecular weight is 310 g/mol. The van der Waals surface area contributed by atoms with Gasteiger partial charge in [-0.1, -0.05) is 0 Å². The molecule has 0 radical (unpaired) electrons. The van der Waals surface area contributed by atoms with Gasteiger partial charge < -0.3 is 10.1 Å². The number of nitrogens with one attached hydrogen (secondary N) is 1. The summed E-state index contributed by atoms with van der Waals surface area (Å²) in [6, 6.07) is 3.71. The van der Waals surface area contributed by atoms with Crippen LogP contribution >= 0.6 is 0 Å². The van der Waals surface area contributed by atoms with Gasteiger partial charge in [0.05, 0.1) is 12.2 Å². The van der Waals surface area contributed by atoms with Gasteiger partial charge in [0.15, 0.2) is 0 Å². The standard InChI is InChI=1S/C16H18N6O/c17-7-13-3-5-18-16(20-13)21-14-4-6-23-15(14)12-8-19-22(10-12)9-11-1-2-11/h3,5,8,10-11,14-15H,1-2,4,6,9H2,(H,18,20,21)/t14-,15+/m0/s1. The van der Waals surface area contributed by atoms with Gasteiger partial charge in [-0.3, -0.25) is 4.68 Å². The number of nitrogens with zero attached hydrogens (tertiary/aromatic N) is 5. The number of nitriles is 1. The summed E-state index contributed by atoms with van der Waals surface area (Å²) in [7, 11) is 0. The molecule has 4 rings (SSSR count). The van der Waals surface area contributed by atoms with Crippen molar-refractivity contribution in [1.29, 1.82) is 5.26 Å². The quantitative estimate of drug-likeness (QED) is 0.907. The highest BCUT2D eigenvalue weighted by atomic mass is 16.5. The molecule has 7 heteroatoms. The Morgan fingerprint density at radius 3 is 3.13 bits per heavy atom. The van der Waals surface area contributed by atoms with E-state index in [9.17, 15) is 0 Å². The molecular weight excluding hydrogens is 292 g/mol. The third-order valence-corrected chi connectivity index (χ3v) is 4.30. The van der Waals surface area contributed by atoms with E-state index in [4.69, 9.17) is 10.00 Å². The van der Waals surface area contributed by atoms with Crippen molar-refractivity contribution >= 4 is 5.95 Å². The van der Waals surface area contributed by atoms with E-state index in [1.165, 1.54) is 12.8 Å². The van der Waals surface area contributed by atoms with Gasteiger partial charge >= 0.3 is 0 Å². The molecule has 3 heterocycles. The third-order valence-electron chi connectivity index (χ3n) is 4.30. The van der Waals surface area contributed by atoms with E-state index in [0.717, 1.165) is 24.4 Å². The number of ether oxygens (including phenoxy) is 1.